The third-order valence-corrected chi connectivity index (χ3v) is 6.12. The van der Waals surface area contributed by atoms with Crippen molar-refractivity contribution in [3.8, 4) is 16.3 Å². The van der Waals surface area contributed by atoms with Gasteiger partial charge in [0.1, 0.15) is 22.2 Å². The van der Waals surface area contributed by atoms with Crippen molar-refractivity contribution in [2.45, 2.75) is 19.4 Å². The van der Waals surface area contributed by atoms with Crippen molar-refractivity contribution in [2.75, 3.05) is 20.2 Å². The molecule has 30 heavy (non-hydrogen) atoms. The van der Waals surface area contributed by atoms with Crippen molar-refractivity contribution in [1.82, 2.24) is 15.2 Å². The smallest absolute Gasteiger partial charge is 0.273 e. The Morgan fingerprint density at radius 3 is 2.67 bits per heavy atom. The van der Waals surface area contributed by atoms with Crippen LogP contribution in [0.5, 0.6) is 5.75 Å². The minimum atomic E-state index is -0.0886. The highest BCUT2D eigenvalue weighted by atomic mass is 32.1. The van der Waals surface area contributed by atoms with E-state index in [1.54, 1.807) is 29.7 Å². The number of hydrogen-bond acceptors (Lipinski definition) is 6. The fourth-order valence-corrected chi connectivity index (χ4v) is 4.28. The van der Waals surface area contributed by atoms with Crippen LogP contribution in [-0.4, -0.2) is 41.9 Å². The highest BCUT2D eigenvalue weighted by molar-refractivity contribution is 7.13. The number of piperidine rings is 1. The Hall–Kier alpha value is -3.13. The second kappa shape index (κ2) is 9.13. The van der Waals surface area contributed by atoms with Crippen molar-refractivity contribution in [3.63, 3.8) is 0 Å². The molecule has 1 aliphatic heterocycles. The molecule has 3 aromatic rings. The minimum absolute atomic E-state index is 0.00829. The molecule has 0 bridgehead atoms. The van der Waals surface area contributed by atoms with E-state index >= 15 is 0 Å². The van der Waals surface area contributed by atoms with E-state index in [1.165, 1.54) is 11.3 Å². The van der Waals surface area contributed by atoms with Gasteiger partial charge in [-0.3, -0.25) is 9.59 Å². The fraction of sp³-hybridized carbons (Fsp3) is 0.318. The van der Waals surface area contributed by atoms with Gasteiger partial charge in [0.25, 0.3) is 5.91 Å². The molecule has 1 aromatic carbocycles. The third kappa shape index (κ3) is 4.54. The van der Waals surface area contributed by atoms with Crippen LogP contribution in [0, 0.1) is 5.92 Å². The van der Waals surface area contributed by atoms with Crippen LogP contribution >= 0.6 is 11.3 Å². The highest BCUT2D eigenvalue weighted by Gasteiger charge is 2.28. The molecule has 0 saturated carbocycles. The van der Waals surface area contributed by atoms with Gasteiger partial charge in [0.15, 0.2) is 0 Å². The predicted octanol–water partition coefficient (Wildman–Crippen LogP) is 3.58. The number of rotatable bonds is 6. The van der Waals surface area contributed by atoms with E-state index in [1.807, 2.05) is 30.3 Å². The van der Waals surface area contributed by atoms with E-state index in [4.69, 9.17) is 9.15 Å². The molecule has 8 heteroatoms. The molecule has 0 atom stereocenters. The number of ether oxygens (including phenoxy) is 1. The summed E-state index contributed by atoms with van der Waals surface area (Å²) in [5, 5.41) is 5.50. The molecule has 1 N–H and O–H groups in total. The molecule has 0 aliphatic carbocycles. The number of nitrogens with zero attached hydrogens (tertiary/aromatic N) is 2. The average Bonchev–Trinajstić information content (AvgIpc) is 3.49. The fourth-order valence-electron chi connectivity index (χ4n) is 3.48. The van der Waals surface area contributed by atoms with Crippen molar-refractivity contribution < 1.29 is 18.7 Å². The Bertz CT molecular complexity index is 990. The highest BCUT2D eigenvalue weighted by Crippen LogP contribution is 2.27. The van der Waals surface area contributed by atoms with Gasteiger partial charge in [0.05, 0.1) is 19.9 Å². The lowest BCUT2D eigenvalue weighted by Gasteiger charge is -2.30. The maximum absolute atomic E-state index is 12.8. The summed E-state index contributed by atoms with van der Waals surface area (Å²) in [5.74, 6) is 1.35. The van der Waals surface area contributed by atoms with E-state index in [2.05, 4.69) is 10.3 Å². The van der Waals surface area contributed by atoms with Crippen LogP contribution in [0.25, 0.3) is 10.6 Å². The first kappa shape index (κ1) is 20.2. The zero-order chi connectivity index (χ0) is 20.9. The number of aromatic nitrogens is 1. The van der Waals surface area contributed by atoms with Gasteiger partial charge in [-0.15, -0.1) is 11.3 Å². The third-order valence-electron chi connectivity index (χ3n) is 5.23. The number of furan rings is 1. The molecule has 7 nitrogen and oxygen atoms in total. The van der Waals surface area contributed by atoms with E-state index in [0.29, 0.717) is 38.2 Å². The van der Waals surface area contributed by atoms with Crippen LogP contribution in [-0.2, 0) is 11.3 Å². The van der Waals surface area contributed by atoms with Gasteiger partial charge in [-0.1, -0.05) is 0 Å². The maximum atomic E-state index is 12.8. The maximum Gasteiger partial charge on any atom is 0.273 e. The van der Waals surface area contributed by atoms with Crippen molar-refractivity contribution in [1.29, 1.82) is 0 Å². The first-order chi connectivity index (χ1) is 14.6. The number of methoxy groups -OCH3 is 1. The van der Waals surface area contributed by atoms with E-state index in [0.717, 1.165) is 22.1 Å². The van der Waals surface area contributed by atoms with Gasteiger partial charge in [-0.2, -0.15) is 0 Å². The molecular weight excluding hydrogens is 402 g/mol. The Labute approximate surface area is 178 Å². The topological polar surface area (TPSA) is 84.7 Å². The summed E-state index contributed by atoms with van der Waals surface area (Å²) in [4.78, 5) is 31.5. The van der Waals surface area contributed by atoms with Crippen molar-refractivity contribution in [3.05, 3.63) is 59.5 Å². The van der Waals surface area contributed by atoms with Gasteiger partial charge >= 0.3 is 0 Å². The second-order valence-electron chi connectivity index (χ2n) is 7.13. The van der Waals surface area contributed by atoms with Crippen LogP contribution in [0.3, 0.4) is 0 Å². The summed E-state index contributed by atoms with van der Waals surface area (Å²) in [7, 11) is 1.63. The monoisotopic (exact) mass is 425 g/mol. The predicted molar refractivity (Wildman–Crippen MR) is 113 cm³/mol. The summed E-state index contributed by atoms with van der Waals surface area (Å²) < 4.78 is 10.4. The lowest BCUT2D eigenvalue weighted by atomic mass is 9.95. The van der Waals surface area contributed by atoms with E-state index in [9.17, 15) is 9.59 Å². The van der Waals surface area contributed by atoms with Crippen LogP contribution in [0.4, 0.5) is 0 Å². The molecule has 1 fully saturated rings. The standard InChI is InChI=1S/C22H23N3O4S/c1-28-17-6-4-16(5-7-17)21-24-19(14-30-21)22(27)25-10-8-15(9-11-25)20(26)23-13-18-3-2-12-29-18/h2-7,12,14-15H,8-11,13H2,1H3,(H,23,26). The summed E-state index contributed by atoms with van der Waals surface area (Å²) in [6.45, 7) is 1.48. The number of nitrogens with one attached hydrogen (secondary N) is 1. The summed E-state index contributed by atoms with van der Waals surface area (Å²) >= 11 is 1.45. The molecule has 0 radical (unpaired) electrons. The second-order valence-corrected chi connectivity index (χ2v) is 7.99. The van der Waals surface area contributed by atoms with Crippen LogP contribution in [0.1, 0.15) is 29.1 Å². The van der Waals surface area contributed by atoms with Gasteiger partial charge in [0.2, 0.25) is 5.91 Å². The molecule has 0 spiro atoms. The first-order valence-electron chi connectivity index (χ1n) is 9.83. The quantitative estimate of drug-likeness (QED) is 0.653. The average molecular weight is 426 g/mol. The number of thiazole rings is 1. The zero-order valence-corrected chi connectivity index (χ0v) is 17.5. The largest absolute Gasteiger partial charge is 0.497 e. The van der Waals surface area contributed by atoms with Gasteiger partial charge in [-0.05, 0) is 49.2 Å². The number of carbonyl (C=O) groups excluding carboxylic acids is 2. The van der Waals surface area contributed by atoms with E-state index in [-0.39, 0.29) is 17.7 Å². The molecule has 1 aliphatic rings. The van der Waals surface area contributed by atoms with Crippen LogP contribution < -0.4 is 10.1 Å². The Morgan fingerprint density at radius 1 is 1.23 bits per heavy atom. The zero-order valence-electron chi connectivity index (χ0n) is 16.7. The SMILES string of the molecule is COc1ccc(-c2nc(C(=O)N3CCC(C(=O)NCc4ccco4)CC3)cs2)cc1. The number of carbonyl (C=O) groups is 2. The Balaban J connectivity index is 1.31. The number of hydrogen-bond donors (Lipinski definition) is 1. The molecule has 3 heterocycles. The number of amides is 2. The summed E-state index contributed by atoms with van der Waals surface area (Å²) in [5.41, 5.74) is 1.40. The van der Waals surface area contributed by atoms with E-state index < -0.39 is 0 Å². The molecular formula is C22H23N3O4S. The van der Waals surface area contributed by atoms with Gasteiger partial charge < -0.3 is 19.4 Å². The van der Waals surface area contributed by atoms with Crippen molar-refractivity contribution in [2.24, 2.45) is 5.92 Å². The number of benzene rings is 1. The molecule has 0 unspecified atom stereocenters. The van der Waals surface area contributed by atoms with Gasteiger partial charge in [-0.25, -0.2) is 4.98 Å². The lowest BCUT2D eigenvalue weighted by molar-refractivity contribution is -0.126. The van der Waals surface area contributed by atoms with Gasteiger partial charge in [0, 0.05) is 30.0 Å². The summed E-state index contributed by atoms with van der Waals surface area (Å²) in [6.07, 6.45) is 2.88. The van der Waals surface area contributed by atoms with Crippen molar-refractivity contribution >= 4 is 23.2 Å². The number of likely N-dealkylation sites (tertiary alicyclic amines) is 1. The molecule has 4 rings (SSSR count). The molecule has 2 amide bonds. The lowest BCUT2D eigenvalue weighted by Crippen LogP contribution is -2.43. The molecule has 1 saturated heterocycles. The molecule has 156 valence electrons. The Kier molecular flexibility index (Phi) is 6.13. The van der Waals surface area contributed by atoms with Crippen LogP contribution in [0.2, 0.25) is 0 Å². The van der Waals surface area contributed by atoms with Crippen LogP contribution in [0.15, 0.2) is 52.5 Å². The normalized spacial score (nSPS) is 14.5. The first-order valence-corrected chi connectivity index (χ1v) is 10.7. The summed E-state index contributed by atoms with van der Waals surface area (Å²) in [6, 6.07) is 11.2. The molecule has 2 aromatic heterocycles. The Morgan fingerprint density at radius 2 is 2.00 bits per heavy atom. The minimum Gasteiger partial charge on any atom is -0.497 e.